The maximum Gasteiger partial charge on any atom is 0.466 e. The van der Waals surface area contributed by atoms with Gasteiger partial charge in [-0.3, -0.25) is 0 Å². The van der Waals surface area contributed by atoms with Crippen LogP contribution in [0.5, 0.6) is 0 Å². The van der Waals surface area contributed by atoms with E-state index in [9.17, 15) is 5.11 Å². The van der Waals surface area contributed by atoms with E-state index in [1.165, 1.54) is 103 Å². The van der Waals surface area contributed by atoms with Crippen LogP contribution in [0.25, 0.3) is 0 Å². The molecule has 160 valence electrons. The van der Waals surface area contributed by atoms with Gasteiger partial charge in [0.15, 0.2) is 0 Å². The van der Waals surface area contributed by atoms with Crippen molar-refractivity contribution in [2.75, 3.05) is 6.61 Å². The van der Waals surface area contributed by atoms with Gasteiger partial charge >= 0.3 is 7.82 Å². The molecule has 0 fully saturated rings. The zero-order chi connectivity index (χ0) is 20.1. The van der Waals surface area contributed by atoms with E-state index in [-0.39, 0.29) is 0 Å². The fourth-order valence-electron chi connectivity index (χ4n) is 3.11. The number of aliphatic hydroxyl groups excluding tert-OH is 1. The van der Waals surface area contributed by atoms with Gasteiger partial charge in [-0.25, -0.2) is 4.57 Å². The molecule has 0 spiro atoms. The summed E-state index contributed by atoms with van der Waals surface area (Å²) in [6, 6.07) is 0. The van der Waals surface area contributed by atoms with Crippen LogP contribution in [0.3, 0.4) is 0 Å². The molecular weight excluding hydrogens is 351 g/mol. The molecule has 6 heteroatoms. The van der Waals surface area contributed by atoms with Gasteiger partial charge in [0.2, 0.25) is 0 Å². The molecule has 0 aromatic heterocycles. The smallest absolute Gasteiger partial charge is 0.396 e. The predicted molar refractivity (Wildman–Crippen MR) is 110 cm³/mol. The highest BCUT2D eigenvalue weighted by molar-refractivity contribution is 7.45. The highest BCUT2D eigenvalue weighted by Gasteiger charge is 2.06. The lowest BCUT2D eigenvalue weighted by atomic mass is 9.95. The minimum absolute atomic E-state index is 0.408. The van der Waals surface area contributed by atoms with Crippen molar-refractivity contribution in [3.8, 4) is 0 Å². The zero-order valence-corrected chi connectivity index (χ0v) is 18.1. The zero-order valence-electron chi connectivity index (χ0n) is 17.2. The lowest BCUT2D eigenvalue weighted by molar-refractivity contribution is 0.204. The first-order valence-electron chi connectivity index (χ1n) is 10.7. The summed E-state index contributed by atoms with van der Waals surface area (Å²) in [6.07, 6.45) is 21.8. The Morgan fingerprint density at radius 2 is 0.885 bits per heavy atom. The van der Waals surface area contributed by atoms with Gasteiger partial charge in [0, 0.05) is 6.61 Å². The first-order valence-corrected chi connectivity index (χ1v) is 12.3. The fourth-order valence-corrected chi connectivity index (χ4v) is 3.11. The van der Waals surface area contributed by atoms with Gasteiger partial charge in [-0.15, -0.1) is 0 Å². The van der Waals surface area contributed by atoms with Crippen LogP contribution in [-0.4, -0.2) is 26.4 Å². The summed E-state index contributed by atoms with van der Waals surface area (Å²) in [6.45, 7) is 4.95. The van der Waals surface area contributed by atoms with E-state index in [0.29, 0.717) is 12.5 Å². The van der Waals surface area contributed by atoms with Crippen molar-refractivity contribution in [3.05, 3.63) is 0 Å². The number of phosphoric acid groups is 1. The molecular formula is C20H45O5P. The molecule has 0 aliphatic carbocycles. The molecule has 0 amide bonds. The molecule has 0 radical (unpaired) electrons. The minimum atomic E-state index is -4.64. The van der Waals surface area contributed by atoms with E-state index in [0.717, 1.165) is 0 Å². The van der Waals surface area contributed by atoms with Crippen molar-refractivity contribution in [1.29, 1.82) is 0 Å². The van der Waals surface area contributed by atoms with Gasteiger partial charge in [-0.2, -0.15) is 0 Å². The molecule has 0 bridgehead atoms. The van der Waals surface area contributed by atoms with Gasteiger partial charge in [0.25, 0.3) is 0 Å². The van der Waals surface area contributed by atoms with Gasteiger partial charge < -0.3 is 19.8 Å². The number of rotatable bonds is 17. The third-order valence-corrected chi connectivity index (χ3v) is 4.69. The summed E-state index contributed by atoms with van der Waals surface area (Å²) in [4.78, 5) is 21.6. The molecule has 1 atom stereocenters. The van der Waals surface area contributed by atoms with E-state index in [1.807, 2.05) is 0 Å². The Morgan fingerprint density at radius 3 is 1.15 bits per heavy atom. The highest BCUT2D eigenvalue weighted by Crippen LogP contribution is 2.25. The molecule has 0 aliphatic rings. The molecule has 0 aliphatic heterocycles. The van der Waals surface area contributed by atoms with Crippen LogP contribution in [-0.2, 0) is 4.57 Å². The normalized spacial score (nSPS) is 12.5. The van der Waals surface area contributed by atoms with Gasteiger partial charge in [-0.05, 0) is 18.8 Å². The predicted octanol–water partition coefficient (Wildman–Crippen LogP) is 5.95. The Morgan fingerprint density at radius 1 is 0.615 bits per heavy atom. The van der Waals surface area contributed by atoms with Gasteiger partial charge in [0.05, 0.1) is 0 Å². The number of hydrogen-bond donors (Lipinski definition) is 4. The van der Waals surface area contributed by atoms with Crippen LogP contribution in [0.15, 0.2) is 0 Å². The van der Waals surface area contributed by atoms with E-state index in [1.54, 1.807) is 0 Å². The third-order valence-electron chi connectivity index (χ3n) is 4.69. The monoisotopic (exact) mass is 396 g/mol. The first kappa shape index (κ1) is 28.3. The standard InChI is InChI=1S/C20H42O.H3O4P/c1-3-5-7-9-11-12-14-16-18-20(19-21)17-15-13-10-8-6-4-2;1-5(2,3)4/h20-21H,3-19H2,1-2H3;(H3,1,2,3,4). The van der Waals surface area contributed by atoms with Crippen molar-refractivity contribution in [3.63, 3.8) is 0 Å². The van der Waals surface area contributed by atoms with Crippen molar-refractivity contribution in [2.45, 2.75) is 117 Å². The molecule has 5 nitrogen and oxygen atoms in total. The van der Waals surface area contributed by atoms with E-state index in [4.69, 9.17) is 19.2 Å². The number of aliphatic hydroxyl groups is 1. The molecule has 0 aromatic carbocycles. The SMILES string of the molecule is CCCCCCCCCCC(CO)CCCCCCCC.O=P(O)(O)O. The van der Waals surface area contributed by atoms with Crippen LogP contribution in [0.4, 0.5) is 0 Å². The van der Waals surface area contributed by atoms with Crippen molar-refractivity contribution in [2.24, 2.45) is 5.92 Å². The Bertz CT molecular complexity index is 298. The van der Waals surface area contributed by atoms with E-state index >= 15 is 0 Å². The molecule has 0 saturated carbocycles. The van der Waals surface area contributed by atoms with Crippen LogP contribution < -0.4 is 0 Å². The second kappa shape index (κ2) is 21.4. The maximum absolute atomic E-state index is 9.47. The first-order chi connectivity index (χ1) is 12.3. The summed E-state index contributed by atoms with van der Waals surface area (Å²) in [5.74, 6) is 0.580. The summed E-state index contributed by atoms with van der Waals surface area (Å²) in [5.41, 5.74) is 0. The molecule has 26 heavy (non-hydrogen) atoms. The summed E-state index contributed by atoms with van der Waals surface area (Å²) < 4.78 is 8.88. The molecule has 1 unspecified atom stereocenters. The second-order valence-electron chi connectivity index (χ2n) is 7.38. The minimum Gasteiger partial charge on any atom is -0.396 e. The Balaban J connectivity index is 0. The summed E-state index contributed by atoms with van der Waals surface area (Å²) >= 11 is 0. The van der Waals surface area contributed by atoms with Crippen LogP contribution >= 0.6 is 7.82 Å². The Kier molecular flexibility index (Phi) is 23.2. The average Bonchev–Trinajstić information content (AvgIpc) is 2.57. The van der Waals surface area contributed by atoms with Gasteiger partial charge in [-0.1, -0.05) is 104 Å². The van der Waals surface area contributed by atoms with E-state index < -0.39 is 7.82 Å². The Labute approximate surface area is 161 Å². The molecule has 0 heterocycles. The van der Waals surface area contributed by atoms with Crippen LogP contribution in [0.1, 0.15) is 117 Å². The topological polar surface area (TPSA) is 98.0 Å². The van der Waals surface area contributed by atoms with Crippen molar-refractivity contribution < 1.29 is 24.4 Å². The Hall–Kier alpha value is 0.0700. The number of hydrogen-bond acceptors (Lipinski definition) is 2. The highest BCUT2D eigenvalue weighted by atomic mass is 31.2. The average molecular weight is 397 g/mol. The van der Waals surface area contributed by atoms with Gasteiger partial charge in [0.1, 0.15) is 0 Å². The summed E-state index contributed by atoms with van der Waals surface area (Å²) in [7, 11) is -4.64. The maximum atomic E-state index is 9.47. The van der Waals surface area contributed by atoms with Crippen LogP contribution in [0, 0.1) is 5.92 Å². The quantitative estimate of drug-likeness (QED) is 0.180. The molecule has 0 saturated heterocycles. The number of unbranched alkanes of at least 4 members (excludes halogenated alkanes) is 12. The van der Waals surface area contributed by atoms with Crippen LogP contribution in [0.2, 0.25) is 0 Å². The second-order valence-corrected chi connectivity index (χ2v) is 8.41. The third kappa shape index (κ3) is 31.8. The van der Waals surface area contributed by atoms with Crippen molar-refractivity contribution in [1.82, 2.24) is 0 Å². The van der Waals surface area contributed by atoms with Crippen molar-refractivity contribution >= 4 is 7.82 Å². The largest absolute Gasteiger partial charge is 0.466 e. The lowest BCUT2D eigenvalue weighted by Gasteiger charge is -2.13. The molecule has 4 N–H and O–H groups in total. The van der Waals surface area contributed by atoms with E-state index in [2.05, 4.69) is 13.8 Å². The summed E-state index contributed by atoms with van der Waals surface area (Å²) in [5, 5.41) is 9.47. The molecule has 0 rings (SSSR count). The fraction of sp³-hybridized carbons (Fsp3) is 1.00. The molecule has 0 aromatic rings. The lowest BCUT2D eigenvalue weighted by Crippen LogP contribution is -2.06.